The third kappa shape index (κ3) is 4.74. The molecule has 0 bridgehead atoms. The summed E-state index contributed by atoms with van der Waals surface area (Å²) in [4.78, 5) is 24.0. The van der Waals surface area contributed by atoms with Crippen LogP contribution in [0.3, 0.4) is 0 Å². The molecule has 2 rings (SSSR count). The molecular formula is C13H20ClF3N2O3. The predicted molar refractivity (Wildman–Crippen MR) is 74.8 cm³/mol. The van der Waals surface area contributed by atoms with Crippen molar-refractivity contribution < 1.29 is 27.9 Å². The van der Waals surface area contributed by atoms with Crippen molar-refractivity contribution in [3.05, 3.63) is 0 Å². The normalized spacial score (nSPS) is 26.7. The molecule has 1 saturated heterocycles. The van der Waals surface area contributed by atoms with E-state index in [0.717, 1.165) is 25.7 Å². The van der Waals surface area contributed by atoms with Crippen molar-refractivity contribution in [1.82, 2.24) is 10.2 Å². The van der Waals surface area contributed by atoms with E-state index in [1.807, 2.05) is 0 Å². The maximum Gasteiger partial charge on any atom is 0.393 e. The average molecular weight is 345 g/mol. The van der Waals surface area contributed by atoms with E-state index >= 15 is 0 Å². The van der Waals surface area contributed by atoms with Gasteiger partial charge in [-0.25, -0.2) is 0 Å². The van der Waals surface area contributed by atoms with Gasteiger partial charge in [0.1, 0.15) is 0 Å². The van der Waals surface area contributed by atoms with E-state index in [-0.39, 0.29) is 37.4 Å². The van der Waals surface area contributed by atoms with Crippen LogP contribution in [-0.4, -0.2) is 53.7 Å². The van der Waals surface area contributed by atoms with Gasteiger partial charge in [0.25, 0.3) is 0 Å². The minimum Gasteiger partial charge on any atom is -0.481 e. The number of rotatable bonds is 4. The Bertz CT molecular complexity index is 414. The van der Waals surface area contributed by atoms with E-state index in [2.05, 4.69) is 5.32 Å². The Morgan fingerprint density at radius 3 is 2.23 bits per heavy atom. The average Bonchev–Trinajstić information content (AvgIpc) is 2.96. The van der Waals surface area contributed by atoms with Crippen LogP contribution in [0, 0.1) is 11.8 Å². The van der Waals surface area contributed by atoms with Gasteiger partial charge in [0, 0.05) is 19.1 Å². The minimum absolute atomic E-state index is 0. The summed E-state index contributed by atoms with van der Waals surface area (Å²) in [6.45, 7) is -0.844. The van der Waals surface area contributed by atoms with Gasteiger partial charge in [-0.3, -0.25) is 14.5 Å². The molecule has 128 valence electrons. The maximum atomic E-state index is 12.8. The number of carboxylic acids is 1. The van der Waals surface area contributed by atoms with Crippen LogP contribution in [0.25, 0.3) is 0 Å². The van der Waals surface area contributed by atoms with E-state index in [1.54, 1.807) is 0 Å². The van der Waals surface area contributed by atoms with Gasteiger partial charge in [0.2, 0.25) is 5.91 Å². The second-order valence-corrected chi connectivity index (χ2v) is 5.84. The standard InChI is InChI=1S/C13H19F3N2O3.ClH/c14-13(15,16)10-6-18(5-9(10)12(20)21)7-11(19)17-8-3-1-2-4-8;/h8-10H,1-7H2,(H,17,19)(H,20,21);1H/t9-,10-;/m1./s1. The molecule has 2 atom stereocenters. The lowest BCUT2D eigenvalue weighted by molar-refractivity contribution is -0.188. The second kappa shape index (κ2) is 7.50. The van der Waals surface area contributed by atoms with Crippen molar-refractivity contribution in [2.75, 3.05) is 19.6 Å². The van der Waals surface area contributed by atoms with E-state index in [0.29, 0.717) is 0 Å². The topological polar surface area (TPSA) is 69.6 Å². The van der Waals surface area contributed by atoms with Gasteiger partial charge < -0.3 is 10.4 Å². The third-order valence-corrected chi connectivity index (χ3v) is 4.22. The first-order valence-corrected chi connectivity index (χ1v) is 7.08. The summed E-state index contributed by atoms with van der Waals surface area (Å²) in [6.07, 6.45) is -0.666. The molecule has 2 aliphatic rings. The van der Waals surface area contributed by atoms with E-state index in [1.165, 1.54) is 4.90 Å². The van der Waals surface area contributed by atoms with Crippen LogP contribution < -0.4 is 5.32 Å². The fraction of sp³-hybridized carbons (Fsp3) is 0.846. The van der Waals surface area contributed by atoms with Crippen LogP contribution in [0.4, 0.5) is 13.2 Å². The molecule has 1 aliphatic carbocycles. The Labute approximate surface area is 132 Å². The Balaban J connectivity index is 0.00000242. The summed E-state index contributed by atoms with van der Waals surface area (Å²) < 4.78 is 38.5. The molecule has 5 nitrogen and oxygen atoms in total. The fourth-order valence-corrected chi connectivity index (χ4v) is 3.14. The molecule has 0 radical (unpaired) electrons. The summed E-state index contributed by atoms with van der Waals surface area (Å²) in [5, 5.41) is 11.7. The van der Waals surface area contributed by atoms with Crippen molar-refractivity contribution in [1.29, 1.82) is 0 Å². The molecule has 1 heterocycles. The monoisotopic (exact) mass is 344 g/mol. The first-order valence-electron chi connectivity index (χ1n) is 7.08. The molecular weight excluding hydrogens is 325 g/mol. The number of nitrogens with one attached hydrogen (secondary N) is 1. The zero-order valence-corrected chi connectivity index (χ0v) is 12.8. The van der Waals surface area contributed by atoms with Gasteiger partial charge in [0.05, 0.1) is 18.4 Å². The molecule has 1 saturated carbocycles. The van der Waals surface area contributed by atoms with Gasteiger partial charge in [-0.1, -0.05) is 12.8 Å². The van der Waals surface area contributed by atoms with Crippen molar-refractivity contribution in [2.45, 2.75) is 37.9 Å². The van der Waals surface area contributed by atoms with Crippen molar-refractivity contribution in [3.63, 3.8) is 0 Å². The van der Waals surface area contributed by atoms with Crippen molar-refractivity contribution in [3.8, 4) is 0 Å². The molecule has 0 spiro atoms. The zero-order valence-electron chi connectivity index (χ0n) is 11.9. The molecule has 0 aromatic rings. The number of aliphatic carboxylic acids is 1. The SMILES string of the molecule is Cl.O=C(CN1C[C@@H](C(F)(F)F)[C@H](C(=O)O)C1)NC1CCCC1. The van der Waals surface area contributed by atoms with Gasteiger partial charge in [-0.2, -0.15) is 13.2 Å². The van der Waals surface area contributed by atoms with Crippen LogP contribution >= 0.6 is 12.4 Å². The summed E-state index contributed by atoms with van der Waals surface area (Å²) in [5.74, 6) is -5.19. The molecule has 1 amide bonds. The molecule has 9 heteroatoms. The Morgan fingerprint density at radius 1 is 1.18 bits per heavy atom. The van der Waals surface area contributed by atoms with Gasteiger partial charge in [-0.15, -0.1) is 12.4 Å². The molecule has 0 unspecified atom stereocenters. The summed E-state index contributed by atoms with van der Waals surface area (Å²) >= 11 is 0. The van der Waals surface area contributed by atoms with Gasteiger partial charge >= 0.3 is 12.1 Å². The second-order valence-electron chi connectivity index (χ2n) is 5.84. The summed E-state index contributed by atoms with van der Waals surface area (Å²) in [7, 11) is 0. The van der Waals surface area contributed by atoms with Crippen LogP contribution in [-0.2, 0) is 9.59 Å². The highest BCUT2D eigenvalue weighted by molar-refractivity contribution is 5.85. The number of hydrogen-bond acceptors (Lipinski definition) is 3. The first kappa shape index (κ1) is 19.0. The van der Waals surface area contributed by atoms with E-state index in [9.17, 15) is 22.8 Å². The van der Waals surface area contributed by atoms with Crippen LogP contribution in [0.5, 0.6) is 0 Å². The Hall–Kier alpha value is -1.02. The van der Waals surface area contributed by atoms with E-state index < -0.39 is 30.5 Å². The number of halogens is 4. The Morgan fingerprint density at radius 2 is 1.77 bits per heavy atom. The number of amides is 1. The predicted octanol–water partition coefficient (Wildman–Crippen LogP) is 1.66. The highest BCUT2D eigenvalue weighted by atomic mass is 35.5. The molecule has 1 aliphatic heterocycles. The minimum atomic E-state index is -4.56. The maximum absolute atomic E-state index is 12.8. The van der Waals surface area contributed by atoms with Crippen molar-refractivity contribution in [2.24, 2.45) is 11.8 Å². The largest absolute Gasteiger partial charge is 0.481 e. The third-order valence-electron chi connectivity index (χ3n) is 4.22. The van der Waals surface area contributed by atoms with Gasteiger partial charge in [0.15, 0.2) is 0 Å². The quantitative estimate of drug-likeness (QED) is 0.814. The molecule has 2 N–H and O–H groups in total. The summed E-state index contributed by atoms with van der Waals surface area (Å²) in [5.41, 5.74) is 0. The number of nitrogens with zero attached hydrogens (tertiary/aromatic N) is 1. The highest BCUT2D eigenvalue weighted by Gasteiger charge is 2.52. The number of carbonyl (C=O) groups is 2. The number of likely N-dealkylation sites (tertiary alicyclic amines) is 1. The lowest BCUT2D eigenvalue weighted by Gasteiger charge is -2.19. The van der Waals surface area contributed by atoms with Crippen LogP contribution in [0.1, 0.15) is 25.7 Å². The molecule has 0 aromatic heterocycles. The molecule has 0 aromatic carbocycles. The van der Waals surface area contributed by atoms with Crippen molar-refractivity contribution >= 4 is 24.3 Å². The number of alkyl halides is 3. The smallest absolute Gasteiger partial charge is 0.393 e. The Kier molecular flexibility index (Phi) is 6.49. The van der Waals surface area contributed by atoms with Gasteiger partial charge in [-0.05, 0) is 12.8 Å². The summed E-state index contributed by atoms with van der Waals surface area (Å²) in [6, 6.07) is 0.105. The van der Waals surface area contributed by atoms with E-state index in [4.69, 9.17) is 5.11 Å². The number of carbonyl (C=O) groups excluding carboxylic acids is 1. The zero-order chi connectivity index (χ0) is 15.6. The number of carboxylic acid groups (broad SMARTS) is 1. The first-order chi connectivity index (χ1) is 9.77. The molecule has 2 fully saturated rings. The fourth-order valence-electron chi connectivity index (χ4n) is 3.14. The number of hydrogen-bond donors (Lipinski definition) is 2. The lowest BCUT2D eigenvalue weighted by atomic mass is 9.96. The van der Waals surface area contributed by atoms with Crippen LogP contribution in [0.15, 0.2) is 0 Å². The van der Waals surface area contributed by atoms with Crippen LogP contribution in [0.2, 0.25) is 0 Å². The lowest BCUT2D eigenvalue weighted by Crippen LogP contribution is -2.41. The highest BCUT2D eigenvalue weighted by Crippen LogP contribution is 2.37. The molecule has 22 heavy (non-hydrogen) atoms.